The Hall–Kier alpha value is -1.62. The lowest BCUT2D eigenvalue weighted by Crippen LogP contribution is -1.92. The highest BCUT2D eigenvalue weighted by Gasteiger charge is 2.09. The van der Waals surface area contributed by atoms with Crippen molar-refractivity contribution in [2.24, 2.45) is 0 Å². The topological polar surface area (TPSA) is 80.5 Å². The van der Waals surface area contributed by atoms with Gasteiger partial charge in [-0.2, -0.15) is 5.21 Å². The quantitative estimate of drug-likeness (QED) is 0.696. The van der Waals surface area contributed by atoms with E-state index in [1.54, 1.807) is 12.1 Å². The molecule has 3 N–H and O–H groups in total. The fourth-order valence-corrected chi connectivity index (χ4v) is 1.44. The van der Waals surface area contributed by atoms with Crippen molar-refractivity contribution in [2.75, 3.05) is 5.73 Å². The van der Waals surface area contributed by atoms with Gasteiger partial charge in [-0.05, 0) is 29.8 Å². The molecule has 72 valence electrons. The number of aromatic nitrogens is 4. The van der Waals surface area contributed by atoms with Crippen LogP contribution in [0, 0.1) is 6.92 Å². The summed E-state index contributed by atoms with van der Waals surface area (Å²) in [6.07, 6.45) is 0. The lowest BCUT2D eigenvalue weighted by molar-refractivity contribution is 0.881. The van der Waals surface area contributed by atoms with Gasteiger partial charge in [-0.3, -0.25) is 0 Å². The zero-order valence-corrected chi connectivity index (χ0v) is 8.21. The highest BCUT2D eigenvalue weighted by atomic mass is 35.5. The van der Waals surface area contributed by atoms with E-state index < -0.39 is 0 Å². The summed E-state index contributed by atoms with van der Waals surface area (Å²) in [7, 11) is 0. The summed E-state index contributed by atoms with van der Waals surface area (Å²) < 4.78 is 0. The molecule has 0 spiro atoms. The number of aryl methyl sites for hydroxylation is 1. The molecule has 0 aliphatic rings. The molecule has 14 heavy (non-hydrogen) atoms. The third-order valence-corrected chi connectivity index (χ3v) is 2.25. The molecule has 2 aromatic rings. The number of H-pyrrole nitrogens is 1. The van der Waals surface area contributed by atoms with Gasteiger partial charge in [0.25, 0.3) is 0 Å². The number of nitrogens with one attached hydrogen (secondary N) is 1. The molecule has 1 aromatic carbocycles. The highest BCUT2D eigenvalue weighted by molar-refractivity contribution is 6.33. The van der Waals surface area contributed by atoms with Crippen LogP contribution in [-0.2, 0) is 0 Å². The predicted molar refractivity (Wildman–Crippen MR) is 53.8 cm³/mol. The number of nitrogens with two attached hydrogens (primary N) is 1. The van der Waals surface area contributed by atoms with Crippen LogP contribution in [0.4, 0.5) is 5.69 Å². The van der Waals surface area contributed by atoms with Gasteiger partial charge in [0.05, 0.1) is 5.02 Å². The summed E-state index contributed by atoms with van der Waals surface area (Å²) in [6, 6.07) is 3.52. The van der Waals surface area contributed by atoms with E-state index in [0.717, 1.165) is 5.56 Å². The third kappa shape index (κ3) is 1.42. The Morgan fingerprint density at radius 2 is 2.21 bits per heavy atom. The third-order valence-electron chi connectivity index (χ3n) is 1.94. The number of hydrogen-bond donors (Lipinski definition) is 2. The van der Waals surface area contributed by atoms with Crippen molar-refractivity contribution >= 4 is 17.3 Å². The van der Waals surface area contributed by atoms with Crippen LogP contribution in [-0.4, -0.2) is 20.6 Å². The van der Waals surface area contributed by atoms with E-state index in [1.165, 1.54) is 0 Å². The molecule has 0 atom stereocenters. The lowest BCUT2D eigenvalue weighted by atomic mass is 10.1. The fourth-order valence-electron chi connectivity index (χ4n) is 1.14. The molecule has 0 aliphatic carbocycles. The Labute approximate surface area is 85.3 Å². The van der Waals surface area contributed by atoms with Gasteiger partial charge in [0.2, 0.25) is 5.82 Å². The van der Waals surface area contributed by atoms with Crippen molar-refractivity contribution in [3.05, 3.63) is 22.7 Å². The Morgan fingerprint density at radius 3 is 2.86 bits per heavy atom. The second-order valence-electron chi connectivity index (χ2n) is 2.92. The molecule has 0 unspecified atom stereocenters. The maximum atomic E-state index is 6.02. The largest absolute Gasteiger partial charge is 0.398 e. The second-order valence-corrected chi connectivity index (χ2v) is 3.33. The van der Waals surface area contributed by atoms with Gasteiger partial charge in [0, 0.05) is 11.3 Å². The number of nitrogen functional groups attached to an aromatic ring is 1. The van der Waals surface area contributed by atoms with E-state index in [0.29, 0.717) is 22.1 Å². The van der Waals surface area contributed by atoms with Gasteiger partial charge >= 0.3 is 0 Å². The van der Waals surface area contributed by atoms with Crippen LogP contribution < -0.4 is 5.73 Å². The number of hydrogen-bond acceptors (Lipinski definition) is 4. The molecular formula is C8H8ClN5. The Bertz CT molecular complexity index is 451. The van der Waals surface area contributed by atoms with Crippen molar-refractivity contribution in [1.29, 1.82) is 0 Å². The summed E-state index contributed by atoms with van der Waals surface area (Å²) >= 11 is 6.02. The smallest absolute Gasteiger partial charge is 0.206 e. The van der Waals surface area contributed by atoms with Crippen LogP contribution in [0.2, 0.25) is 5.02 Å². The monoisotopic (exact) mass is 209 g/mol. The van der Waals surface area contributed by atoms with Gasteiger partial charge in [0.15, 0.2) is 0 Å². The lowest BCUT2D eigenvalue weighted by Gasteiger charge is -2.04. The van der Waals surface area contributed by atoms with E-state index in [4.69, 9.17) is 17.3 Å². The van der Waals surface area contributed by atoms with Crippen LogP contribution in [0.1, 0.15) is 5.56 Å². The molecule has 0 saturated heterocycles. The minimum Gasteiger partial charge on any atom is -0.398 e. The minimum absolute atomic E-state index is 0.446. The number of benzene rings is 1. The zero-order chi connectivity index (χ0) is 10.1. The maximum Gasteiger partial charge on any atom is 0.206 e. The number of aromatic amines is 1. The zero-order valence-electron chi connectivity index (χ0n) is 7.45. The van der Waals surface area contributed by atoms with Crippen LogP contribution >= 0.6 is 11.6 Å². The van der Waals surface area contributed by atoms with Crippen LogP contribution in [0.3, 0.4) is 0 Å². The van der Waals surface area contributed by atoms with Gasteiger partial charge < -0.3 is 5.73 Å². The van der Waals surface area contributed by atoms with Crippen molar-refractivity contribution in [2.45, 2.75) is 6.92 Å². The Morgan fingerprint density at radius 1 is 1.43 bits per heavy atom. The average molecular weight is 210 g/mol. The molecule has 2 rings (SSSR count). The van der Waals surface area contributed by atoms with Crippen LogP contribution in [0.25, 0.3) is 11.4 Å². The Balaban J connectivity index is 2.60. The van der Waals surface area contributed by atoms with Crippen LogP contribution in [0.15, 0.2) is 12.1 Å². The van der Waals surface area contributed by atoms with E-state index in [2.05, 4.69) is 20.6 Å². The Kier molecular flexibility index (Phi) is 2.09. The summed E-state index contributed by atoms with van der Waals surface area (Å²) in [6.45, 7) is 1.89. The molecule has 1 heterocycles. The molecule has 0 radical (unpaired) electrons. The van der Waals surface area contributed by atoms with Crippen molar-refractivity contribution in [3.63, 3.8) is 0 Å². The molecule has 0 fully saturated rings. The molecule has 0 saturated carbocycles. The summed E-state index contributed by atoms with van der Waals surface area (Å²) in [5.74, 6) is 0.446. The molecule has 0 aliphatic heterocycles. The standard InChI is InChI=1S/C8H8ClN5/c1-4-2-6(9)5(3-7(4)10)8-11-13-14-12-8/h2-3H,10H2,1H3,(H,11,12,13,14). The number of nitrogens with zero attached hydrogens (tertiary/aromatic N) is 3. The molecule has 5 nitrogen and oxygen atoms in total. The predicted octanol–water partition coefficient (Wildman–Crippen LogP) is 1.41. The normalized spacial score (nSPS) is 10.4. The minimum atomic E-state index is 0.446. The first-order valence-corrected chi connectivity index (χ1v) is 4.35. The van der Waals surface area contributed by atoms with Gasteiger partial charge in [-0.15, -0.1) is 10.2 Å². The average Bonchev–Trinajstić information content (AvgIpc) is 2.64. The molecular weight excluding hydrogens is 202 g/mol. The van der Waals surface area contributed by atoms with Crippen molar-refractivity contribution < 1.29 is 0 Å². The number of anilines is 1. The second kappa shape index (κ2) is 3.26. The maximum absolute atomic E-state index is 6.02. The van der Waals surface area contributed by atoms with E-state index in [9.17, 15) is 0 Å². The summed E-state index contributed by atoms with van der Waals surface area (Å²) in [5.41, 5.74) is 8.03. The van der Waals surface area contributed by atoms with Gasteiger partial charge in [-0.25, -0.2) is 0 Å². The highest BCUT2D eigenvalue weighted by Crippen LogP contribution is 2.28. The first-order valence-electron chi connectivity index (χ1n) is 3.98. The van der Waals surface area contributed by atoms with Crippen molar-refractivity contribution in [3.8, 4) is 11.4 Å². The van der Waals surface area contributed by atoms with Crippen LogP contribution in [0.5, 0.6) is 0 Å². The molecule has 0 amide bonds. The fraction of sp³-hybridized carbons (Fsp3) is 0.125. The van der Waals surface area contributed by atoms with E-state index >= 15 is 0 Å². The molecule has 1 aromatic heterocycles. The SMILES string of the molecule is Cc1cc(Cl)c(-c2nn[nH]n2)cc1N. The van der Waals surface area contributed by atoms with E-state index in [-0.39, 0.29) is 0 Å². The number of rotatable bonds is 1. The van der Waals surface area contributed by atoms with Crippen molar-refractivity contribution in [1.82, 2.24) is 20.6 Å². The van der Waals surface area contributed by atoms with E-state index in [1.807, 2.05) is 6.92 Å². The van der Waals surface area contributed by atoms with Gasteiger partial charge in [-0.1, -0.05) is 11.6 Å². The first-order chi connectivity index (χ1) is 6.68. The van der Waals surface area contributed by atoms with Gasteiger partial charge in [0.1, 0.15) is 0 Å². The first kappa shape index (κ1) is 8.96. The number of tetrazole rings is 1. The summed E-state index contributed by atoms with van der Waals surface area (Å²) in [4.78, 5) is 0. The number of halogens is 1. The summed E-state index contributed by atoms with van der Waals surface area (Å²) in [5, 5.41) is 14.0. The molecule has 6 heteroatoms. The molecule has 0 bridgehead atoms.